The Morgan fingerprint density at radius 3 is 2.84 bits per heavy atom. The fraction of sp³-hybridized carbons (Fsp3) is 0.400. The molecule has 1 atom stereocenters. The van der Waals surface area contributed by atoms with Crippen LogP contribution in [-0.4, -0.2) is 32.4 Å². The Kier molecular flexibility index (Phi) is 6.16. The number of nitrogens with zero attached hydrogens (tertiary/aromatic N) is 2. The van der Waals surface area contributed by atoms with Crippen LogP contribution in [-0.2, 0) is 10.8 Å². The molecule has 1 heterocycles. The number of thiazole rings is 1. The van der Waals surface area contributed by atoms with E-state index in [4.69, 9.17) is 0 Å². The molecule has 0 aliphatic heterocycles. The van der Waals surface area contributed by atoms with Crippen LogP contribution in [0.15, 0.2) is 22.4 Å². The van der Waals surface area contributed by atoms with Crippen LogP contribution in [0.25, 0.3) is 0 Å². The summed E-state index contributed by atoms with van der Waals surface area (Å²) < 4.78 is 48.7. The SMILES string of the molecule is CC/[N+]([O-])=C/c1cnc(S(=O)CCC(F)=C(F)F)s1. The number of allylic oxidation sites excluding steroid dienone is 1. The van der Waals surface area contributed by atoms with Gasteiger partial charge >= 0.3 is 6.08 Å². The molecule has 0 saturated heterocycles. The molecule has 9 heteroatoms. The highest BCUT2D eigenvalue weighted by molar-refractivity contribution is 7.87. The maximum Gasteiger partial charge on any atom is 0.301 e. The molecule has 0 radical (unpaired) electrons. The van der Waals surface area contributed by atoms with Crippen molar-refractivity contribution >= 4 is 28.4 Å². The van der Waals surface area contributed by atoms with Crippen molar-refractivity contribution in [1.82, 2.24) is 4.98 Å². The zero-order valence-corrected chi connectivity index (χ0v) is 11.6. The summed E-state index contributed by atoms with van der Waals surface area (Å²) in [7, 11) is -1.66. The summed E-state index contributed by atoms with van der Waals surface area (Å²) in [6.07, 6.45) is -0.341. The number of aromatic nitrogens is 1. The van der Waals surface area contributed by atoms with Gasteiger partial charge in [0.05, 0.1) is 17.0 Å². The van der Waals surface area contributed by atoms with Crippen LogP contribution in [0.5, 0.6) is 0 Å². The van der Waals surface area contributed by atoms with E-state index >= 15 is 0 Å². The second-order valence-electron chi connectivity index (χ2n) is 3.36. The minimum atomic E-state index is -2.39. The predicted molar refractivity (Wildman–Crippen MR) is 67.7 cm³/mol. The van der Waals surface area contributed by atoms with E-state index in [1.54, 1.807) is 6.92 Å². The van der Waals surface area contributed by atoms with E-state index in [-0.39, 0.29) is 16.6 Å². The van der Waals surface area contributed by atoms with Gasteiger partial charge in [0.1, 0.15) is 4.88 Å². The largest absolute Gasteiger partial charge is 0.624 e. The van der Waals surface area contributed by atoms with Crippen molar-refractivity contribution in [3.05, 3.63) is 28.2 Å². The summed E-state index contributed by atoms with van der Waals surface area (Å²) in [6.45, 7) is 1.94. The van der Waals surface area contributed by atoms with Gasteiger partial charge in [-0.15, -0.1) is 0 Å². The van der Waals surface area contributed by atoms with Crippen molar-refractivity contribution in [2.24, 2.45) is 0 Å². The summed E-state index contributed by atoms with van der Waals surface area (Å²) in [5, 5.41) is 11.1. The number of hydroxylamine groups is 1. The second-order valence-corrected chi connectivity index (χ2v) is 6.16. The first-order valence-corrected chi connectivity index (χ1v) is 7.40. The first-order valence-electron chi connectivity index (χ1n) is 5.26. The van der Waals surface area contributed by atoms with Gasteiger partial charge in [0.15, 0.2) is 22.9 Å². The van der Waals surface area contributed by atoms with E-state index in [0.29, 0.717) is 9.62 Å². The van der Waals surface area contributed by atoms with Crippen LogP contribution in [0.2, 0.25) is 0 Å². The van der Waals surface area contributed by atoms with E-state index in [2.05, 4.69) is 4.98 Å². The van der Waals surface area contributed by atoms with Gasteiger partial charge in [-0.1, -0.05) is 11.3 Å². The topological polar surface area (TPSA) is 56.0 Å². The van der Waals surface area contributed by atoms with Crippen LogP contribution in [0, 0.1) is 5.21 Å². The van der Waals surface area contributed by atoms with Gasteiger partial charge in [-0.3, -0.25) is 4.21 Å². The Balaban J connectivity index is 2.67. The van der Waals surface area contributed by atoms with Crippen LogP contribution in [0.3, 0.4) is 0 Å². The molecule has 0 aromatic carbocycles. The first kappa shape index (κ1) is 15.8. The number of hydrogen-bond acceptors (Lipinski definition) is 4. The third kappa shape index (κ3) is 5.11. The van der Waals surface area contributed by atoms with E-state index in [9.17, 15) is 22.6 Å². The van der Waals surface area contributed by atoms with E-state index in [1.165, 1.54) is 12.4 Å². The highest BCUT2D eigenvalue weighted by Crippen LogP contribution is 2.19. The summed E-state index contributed by atoms with van der Waals surface area (Å²) in [5.74, 6) is -1.83. The maximum atomic E-state index is 12.5. The van der Waals surface area contributed by atoms with Crippen LogP contribution < -0.4 is 0 Å². The Morgan fingerprint density at radius 2 is 2.26 bits per heavy atom. The monoisotopic (exact) mass is 312 g/mol. The molecule has 19 heavy (non-hydrogen) atoms. The molecular weight excluding hydrogens is 301 g/mol. The highest BCUT2D eigenvalue weighted by Gasteiger charge is 2.13. The Bertz CT molecular complexity index is 525. The third-order valence-corrected chi connectivity index (χ3v) is 4.60. The first-order chi connectivity index (χ1) is 8.93. The van der Waals surface area contributed by atoms with Gasteiger partial charge in [-0.25, -0.2) is 14.1 Å². The maximum absolute atomic E-state index is 12.5. The summed E-state index contributed by atoms with van der Waals surface area (Å²) in [6, 6.07) is 0. The van der Waals surface area contributed by atoms with Gasteiger partial charge in [0, 0.05) is 12.2 Å². The molecular formula is C10H11F3N2O2S2. The van der Waals surface area contributed by atoms with Gasteiger partial charge in [0.2, 0.25) is 0 Å². The van der Waals surface area contributed by atoms with Crippen molar-refractivity contribution in [2.75, 3.05) is 12.3 Å². The van der Waals surface area contributed by atoms with Crippen LogP contribution in [0.1, 0.15) is 18.2 Å². The smallest absolute Gasteiger partial charge is 0.301 e. The Labute approximate surface area is 114 Å². The zero-order chi connectivity index (χ0) is 14.4. The molecule has 0 aliphatic carbocycles. The second kappa shape index (κ2) is 7.39. The minimum absolute atomic E-state index is 0.183. The van der Waals surface area contributed by atoms with E-state index in [1.807, 2.05) is 0 Å². The molecule has 0 spiro atoms. The molecule has 1 aromatic heterocycles. The number of rotatable bonds is 6. The standard InChI is InChI=1S/C10H11F3N2O2S2/c1-2-15(16)6-7-5-14-10(18-7)19(17)4-3-8(11)9(12)13/h5-6H,2-4H2,1H3/b15-6-. The predicted octanol–water partition coefficient (Wildman–Crippen LogP) is 2.67. The van der Waals surface area contributed by atoms with Gasteiger partial charge in [0.25, 0.3) is 0 Å². The third-order valence-electron chi connectivity index (χ3n) is 1.99. The summed E-state index contributed by atoms with van der Waals surface area (Å²) in [4.78, 5) is 4.33. The average Bonchev–Trinajstić information content (AvgIpc) is 2.83. The quantitative estimate of drug-likeness (QED) is 0.351. The average molecular weight is 312 g/mol. The minimum Gasteiger partial charge on any atom is -0.624 e. The van der Waals surface area contributed by atoms with Crippen molar-refractivity contribution in [1.29, 1.82) is 0 Å². The van der Waals surface area contributed by atoms with E-state index < -0.39 is 29.1 Å². The highest BCUT2D eigenvalue weighted by atomic mass is 32.2. The zero-order valence-electron chi connectivity index (χ0n) is 9.94. The molecule has 0 aliphatic rings. The summed E-state index contributed by atoms with van der Waals surface area (Å²) in [5.41, 5.74) is 0. The molecule has 1 aromatic rings. The van der Waals surface area contributed by atoms with Gasteiger partial charge < -0.3 is 5.21 Å². The molecule has 0 bridgehead atoms. The molecule has 1 unspecified atom stereocenters. The van der Waals surface area contributed by atoms with E-state index in [0.717, 1.165) is 11.3 Å². The van der Waals surface area contributed by atoms with Crippen LogP contribution >= 0.6 is 11.3 Å². The number of halogens is 3. The fourth-order valence-corrected chi connectivity index (χ4v) is 3.23. The molecule has 0 amide bonds. The lowest BCUT2D eigenvalue weighted by atomic mass is 10.4. The Hall–Kier alpha value is -1.22. The fourth-order valence-electron chi connectivity index (χ4n) is 1.03. The lowest BCUT2D eigenvalue weighted by Gasteiger charge is -1.97. The normalized spacial score (nSPS) is 13.4. The lowest BCUT2D eigenvalue weighted by molar-refractivity contribution is -0.447. The molecule has 106 valence electrons. The van der Waals surface area contributed by atoms with Crippen molar-refractivity contribution < 1.29 is 22.1 Å². The summed E-state index contributed by atoms with van der Waals surface area (Å²) >= 11 is 1.01. The van der Waals surface area contributed by atoms with Crippen molar-refractivity contribution in [2.45, 2.75) is 17.7 Å². The van der Waals surface area contributed by atoms with Crippen molar-refractivity contribution in [3.63, 3.8) is 0 Å². The molecule has 4 nitrogen and oxygen atoms in total. The van der Waals surface area contributed by atoms with Crippen molar-refractivity contribution in [3.8, 4) is 0 Å². The molecule has 1 rings (SSSR count). The number of hydrogen-bond donors (Lipinski definition) is 0. The van der Waals surface area contributed by atoms with Gasteiger partial charge in [-0.2, -0.15) is 8.78 Å². The lowest BCUT2D eigenvalue weighted by Crippen LogP contribution is -2.02. The van der Waals surface area contributed by atoms with Gasteiger partial charge in [-0.05, 0) is 6.92 Å². The van der Waals surface area contributed by atoms with Crippen LogP contribution in [0.4, 0.5) is 13.2 Å². The molecule has 0 fully saturated rings. The Morgan fingerprint density at radius 1 is 1.58 bits per heavy atom. The molecule has 0 N–H and O–H groups in total. The molecule has 0 saturated carbocycles.